The molecule has 0 spiro atoms. The van der Waals surface area contributed by atoms with Gasteiger partial charge < -0.3 is 14.5 Å². The Hall–Kier alpha value is -4.72. The second-order valence-corrected chi connectivity index (χ2v) is 9.00. The standard InChI is InChI=1S/C27H18ClN3O6S/c1-2-36-27(33)24-21(16-7-9-18(28)10-8-16)15-38-26(24)30-25(32)17(14-29)13-19-11-12-23(37-19)20-5-3-4-6-22(20)31(34)35/h3-13,15H,2H2,1H3,(H,30,32). The molecule has 38 heavy (non-hydrogen) atoms. The highest BCUT2D eigenvalue weighted by Crippen LogP contribution is 2.37. The summed E-state index contributed by atoms with van der Waals surface area (Å²) >= 11 is 7.09. The van der Waals surface area contributed by atoms with Crippen molar-refractivity contribution in [3.8, 4) is 28.5 Å². The molecule has 0 saturated carbocycles. The second-order valence-electron chi connectivity index (χ2n) is 7.68. The first kappa shape index (κ1) is 26.3. The summed E-state index contributed by atoms with van der Waals surface area (Å²) in [6, 6.07) is 17.7. The minimum Gasteiger partial charge on any atom is -0.462 e. The Kier molecular flexibility index (Phi) is 8.01. The van der Waals surface area contributed by atoms with Crippen molar-refractivity contribution in [2.24, 2.45) is 0 Å². The lowest BCUT2D eigenvalue weighted by atomic mass is 10.0. The molecule has 1 N–H and O–H groups in total. The molecule has 0 radical (unpaired) electrons. The summed E-state index contributed by atoms with van der Waals surface area (Å²) in [4.78, 5) is 36.6. The molecule has 0 aliphatic rings. The number of nitro groups is 1. The topological polar surface area (TPSA) is 135 Å². The van der Waals surface area contributed by atoms with Gasteiger partial charge in [-0.1, -0.05) is 35.9 Å². The summed E-state index contributed by atoms with van der Waals surface area (Å²) in [6.45, 7) is 1.80. The number of halogens is 1. The van der Waals surface area contributed by atoms with Gasteiger partial charge in [-0.25, -0.2) is 4.79 Å². The van der Waals surface area contributed by atoms with Crippen LogP contribution in [0.25, 0.3) is 28.5 Å². The van der Waals surface area contributed by atoms with Gasteiger partial charge in [-0.15, -0.1) is 11.3 Å². The highest BCUT2D eigenvalue weighted by atomic mass is 35.5. The molecule has 0 fully saturated rings. The van der Waals surface area contributed by atoms with E-state index in [1.54, 1.807) is 42.6 Å². The average molecular weight is 548 g/mol. The van der Waals surface area contributed by atoms with Crippen LogP contribution in [0.15, 0.2) is 76.0 Å². The molecule has 190 valence electrons. The highest BCUT2D eigenvalue weighted by molar-refractivity contribution is 7.15. The molecule has 2 heterocycles. The van der Waals surface area contributed by atoms with Crippen LogP contribution in [0.2, 0.25) is 5.02 Å². The number of anilines is 1. The zero-order valence-corrected chi connectivity index (χ0v) is 21.3. The van der Waals surface area contributed by atoms with Crippen LogP contribution in [0, 0.1) is 21.4 Å². The van der Waals surface area contributed by atoms with Gasteiger partial charge in [0, 0.05) is 28.1 Å². The van der Waals surface area contributed by atoms with Crippen molar-refractivity contribution < 1.29 is 23.7 Å². The number of ether oxygens (including phenoxy) is 1. The normalized spacial score (nSPS) is 11.0. The summed E-state index contributed by atoms with van der Waals surface area (Å²) in [6.07, 6.45) is 1.21. The van der Waals surface area contributed by atoms with Crippen molar-refractivity contribution in [2.75, 3.05) is 11.9 Å². The van der Waals surface area contributed by atoms with E-state index in [0.717, 1.165) is 11.3 Å². The van der Waals surface area contributed by atoms with Gasteiger partial charge in [0.05, 0.1) is 17.1 Å². The first-order valence-electron chi connectivity index (χ1n) is 11.1. The molecule has 0 unspecified atom stereocenters. The second kappa shape index (κ2) is 11.6. The van der Waals surface area contributed by atoms with Crippen molar-refractivity contribution in [2.45, 2.75) is 6.92 Å². The van der Waals surface area contributed by atoms with Gasteiger partial charge in [0.25, 0.3) is 11.6 Å². The molecule has 0 atom stereocenters. The van der Waals surface area contributed by atoms with Crippen molar-refractivity contribution in [3.05, 3.63) is 98.1 Å². The number of carbonyl (C=O) groups excluding carboxylic acids is 2. The predicted molar refractivity (Wildman–Crippen MR) is 144 cm³/mol. The Balaban J connectivity index is 1.63. The number of nitriles is 1. The number of amides is 1. The minimum atomic E-state index is -0.772. The van der Waals surface area contributed by atoms with E-state index in [9.17, 15) is 25.0 Å². The molecule has 1 amide bonds. The lowest BCUT2D eigenvalue weighted by molar-refractivity contribution is -0.384. The van der Waals surface area contributed by atoms with E-state index in [2.05, 4.69) is 5.32 Å². The first-order chi connectivity index (χ1) is 18.3. The molecule has 0 bridgehead atoms. The van der Waals surface area contributed by atoms with Crippen LogP contribution in [0.3, 0.4) is 0 Å². The molecule has 9 nitrogen and oxygen atoms in total. The van der Waals surface area contributed by atoms with Gasteiger partial charge in [-0.05, 0) is 42.8 Å². The number of carbonyl (C=O) groups is 2. The number of nitrogens with one attached hydrogen (secondary N) is 1. The van der Waals surface area contributed by atoms with Crippen molar-refractivity contribution in [1.82, 2.24) is 0 Å². The van der Waals surface area contributed by atoms with Gasteiger partial charge in [0.15, 0.2) is 0 Å². The maximum Gasteiger partial charge on any atom is 0.341 e. The number of benzene rings is 2. The summed E-state index contributed by atoms with van der Waals surface area (Å²) in [7, 11) is 0. The molecule has 4 aromatic rings. The van der Waals surface area contributed by atoms with E-state index in [0.29, 0.717) is 16.1 Å². The maximum absolute atomic E-state index is 13.0. The third kappa shape index (κ3) is 5.64. The number of nitrogens with zero attached hydrogens (tertiary/aromatic N) is 2. The van der Waals surface area contributed by atoms with Crippen LogP contribution in [0.4, 0.5) is 10.7 Å². The minimum absolute atomic E-state index is 0.131. The lowest BCUT2D eigenvalue weighted by Crippen LogP contribution is -2.16. The zero-order chi connectivity index (χ0) is 27.2. The van der Waals surface area contributed by atoms with Gasteiger partial charge in [0.2, 0.25) is 0 Å². The Morgan fingerprint density at radius 3 is 2.58 bits per heavy atom. The van der Waals surface area contributed by atoms with E-state index >= 15 is 0 Å². The van der Waals surface area contributed by atoms with E-state index < -0.39 is 16.8 Å². The third-order valence-corrected chi connectivity index (χ3v) is 6.44. The number of hydrogen-bond donors (Lipinski definition) is 1. The largest absolute Gasteiger partial charge is 0.462 e. The quantitative estimate of drug-likeness (QED) is 0.0827. The Morgan fingerprint density at radius 2 is 1.89 bits per heavy atom. The number of furan rings is 1. The summed E-state index contributed by atoms with van der Waals surface area (Å²) in [5.74, 6) is -1.05. The maximum atomic E-state index is 13.0. The van der Waals surface area contributed by atoms with Crippen LogP contribution in [0.1, 0.15) is 23.0 Å². The first-order valence-corrected chi connectivity index (χ1v) is 12.4. The number of nitro benzene ring substituents is 1. The summed E-state index contributed by atoms with van der Waals surface area (Å²) in [5.41, 5.74) is 1.21. The molecule has 4 rings (SSSR count). The molecular formula is C27H18ClN3O6S. The van der Waals surface area contributed by atoms with Crippen molar-refractivity contribution in [1.29, 1.82) is 5.26 Å². The van der Waals surface area contributed by atoms with Gasteiger partial charge >= 0.3 is 5.97 Å². The van der Waals surface area contributed by atoms with E-state index in [4.69, 9.17) is 20.8 Å². The Labute approximate surface area is 225 Å². The van der Waals surface area contributed by atoms with Crippen LogP contribution >= 0.6 is 22.9 Å². The zero-order valence-electron chi connectivity index (χ0n) is 19.8. The third-order valence-electron chi connectivity index (χ3n) is 5.30. The van der Waals surface area contributed by atoms with Crippen LogP contribution in [0.5, 0.6) is 0 Å². The molecule has 0 saturated heterocycles. The fourth-order valence-corrected chi connectivity index (χ4v) is 4.65. The van der Waals surface area contributed by atoms with E-state index in [1.807, 2.05) is 6.07 Å². The smallest absolute Gasteiger partial charge is 0.341 e. The number of esters is 1. The van der Waals surface area contributed by atoms with Crippen LogP contribution < -0.4 is 5.32 Å². The predicted octanol–water partition coefficient (Wildman–Crippen LogP) is 6.96. The fourth-order valence-electron chi connectivity index (χ4n) is 3.58. The summed E-state index contributed by atoms with van der Waals surface area (Å²) < 4.78 is 10.9. The summed E-state index contributed by atoms with van der Waals surface area (Å²) in [5, 5.41) is 26.0. The molecule has 11 heteroatoms. The average Bonchev–Trinajstić information content (AvgIpc) is 3.55. The van der Waals surface area contributed by atoms with Crippen molar-refractivity contribution in [3.63, 3.8) is 0 Å². The number of para-hydroxylation sites is 1. The molecule has 2 aromatic carbocycles. The molecule has 2 aromatic heterocycles. The molecule has 0 aliphatic carbocycles. The van der Waals surface area contributed by atoms with Crippen LogP contribution in [-0.2, 0) is 9.53 Å². The van der Waals surface area contributed by atoms with Crippen LogP contribution in [-0.4, -0.2) is 23.4 Å². The van der Waals surface area contributed by atoms with Gasteiger partial charge in [-0.2, -0.15) is 5.26 Å². The van der Waals surface area contributed by atoms with Gasteiger partial charge in [0.1, 0.15) is 33.7 Å². The van der Waals surface area contributed by atoms with Crippen molar-refractivity contribution >= 4 is 51.6 Å². The molecule has 0 aliphatic heterocycles. The number of thiophene rings is 1. The Bertz CT molecular complexity index is 1600. The fraction of sp³-hybridized carbons (Fsp3) is 0.0741. The SMILES string of the molecule is CCOC(=O)c1c(-c2ccc(Cl)cc2)csc1NC(=O)C(C#N)=Cc1ccc(-c2ccccc2[N+](=O)[O-])o1. The highest BCUT2D eigenvalue weighted by Gasteiger charge is 2.24. The monoisotopic (exact) mass is 547 g/mol. The molecular weight excluding hydrogens is 530 g/mol. The lowest BCUT2D eigenvalue weighted by Gasteiger charge is -2.08. The van der Waals surface area contributed by atoms with Gasteiger partial charge in [-0.3, -0.25) is 14.9 Å². The Morgan fingerprint density at radius 1 is 1.16 bits per heavy atom. The number of rotatable bonds is 8. The van der Waals surface area contributed by atoms with E-state index in [-0.39, 0.29) is 45.5 Å². The van der Waals surface area contributed by atoms with E-state index in [1.165, 1.54) is 36.4 Å². The number of hydrogen-bond acceptors (Lipinski definition) is 8.